The van der Waals surface area contributed by atoms with Crippen LogP contribution < -0.4 is 5.32 Å². The highest BCUT2D eigenvalue weighted by molar-refractivity contribution is 6.34. The number of nitrogens with one attached hydrogen (secondary N) is 2. The van der Waals surface area contributed by atoms with Crippen molar-refractivity contribution in [1.82, 2.24) is 4.98 Å². The molecule has 6 rings (SSSR count). The Morgan fingerprint density at radius 1 is 0.976 bits per heavy atom. The van der Waals surface area contributed by atoms with Crippen molar-refractivity contribution in [3.05, 3.63) is 87.5 Å². The number of carbonyl (C=O) groups excluding carboxylic acids is 1. The molecule has 0 spiro atoms. The molecule has 4 aromatic rings. The fourth-order valence-electron chi connectivity index (χ4n) is 5.33. The number of carbonyl (C=O) groups is 1. The predicted octanol–water partition coefficient (Wildman–Crippen LogP) is 6.64. The topological polar surface area (TPSA) is 106 Å². The van der Waals surface area contributed by atoms with Gasteiger partial charge in [-0.1, -0.05) is 11.6 Å². The summed E-state index contributed by atoms with van der Waals surface area (Å²) in [7, 11) is 0. The Hall–Kier alpha value is -3.93. The van der Waals surface area contributed by atoms with Gasteiger partial charge in [-0.25, -0.2) is 8.78 Å². The predicted molar refractivity (Wildman–Crippen MR) is 141 cm³/mol. The smallest absolute Gasteiger partial charge is 0.416 e. The van der Waals surface area contributed by atoms with Crippen molar-refractivity contribution in [2.24, 2.45) is 5.92 Å². The number of aliphatic hydroxyl groups excluding tert-OH is 2. The third-order valence-electron chi connectivity index (χ3n) is 7.37. The lowest BCUT2D eigenvalue weighted by Gasteiger charge is -2.36. The maximum absolute atomic E-state index is 14.2. The standard InChI is InChI=1S/C29H20ClF5N2O4/c30-19-4-3-15(31)10-17(19)24-23-18(28(41)37-24)7-12(22-21(11-1-2-11)25(38)26(22)39)8-20(23)36-27(40)13-5-14(29(33,34)35)9-16(32)6-13/h3-11,25-26,37-39,41H,1-2H2,(H,36,40). The molecule has 0 aliphatic heterocycles. The fourth-order valence-corrected chi connectivity index (χ4v) is 5.54. The zero-order valence-electron chi connectivity index (χ0n) is 20.8. The molecule has 1 saturated carbocycles. The highest BCUT2D eigenvalue weighted by Gasteiger charge is 2.46. The number of benzene rings is 3. The van der Waals surface area contributed by atoms with Crippen molar-refractivity contribution >= 4 is 39.5 Å². The van der Waals surface area contributed by atoms with Crippen LogP contribution in [0.1, 0.15) is 34.3 Å². The molecule has 0 radical (unpaired) electrons. The number of halogens is 6. The number of anilines is 1. The summed E-state index contributed by atoms with van der Waals surface area (Å²) >= 11 is 6.31. The van der Waals surface area contributed by atoms with Gasteiger partial charge in [0.25, 0.3) is 5.91 Å². The highest BCUT2D eigenvalue weighted by Crippen LogP contribution is 2.51. The lowest BCUT2D eigenvalue weighted by molar-refractivity contribution is -0.137. The summed E-state index contributed by atoms with van der Waals surface area (Å²) in [6.45, 7) is 0. The van der Waals surface area contributed by atoms with Gasteiger partial charge < -0.3 is 25.6 Å². The van der Waals surface area contributed by atoms with Crippen LogP contribution in [0.4, 0.5) is 27.6 Å². The van der Waals surface area contributed by atoms with Gasteiger partial charge in [0, 0.05) is 21.9 Å². The van der Waals surface area contributed by atoms with Gasteiger partial charge in [0.2, 0.25) is 0 Å². The van der Waals surface area contributed by atoms with E-state index < -0.39 is 52.9 Å². The van der Waals surface area contributed by atoms with E-state index in [4.69, 9.17) is 11.6 Å². The van der Waals surface area contributed by atoms with Gasteiger partial charge >= 0.3 is 6.18 Å². The molecule has 212 valence electrons. The van der Waals surface area contributed by atoms with Crippen LogP contribution in [0, 0.1) is 17.6 Å². The van der Waals surface area contributed by atoms with Crippen molar-refractivity contribution in [3.8, 4) is 17.1 Å². The van der Waals surface area contributed by atoms with Crippen molar-refractivity contribution in [3.63, 3.8) is 0 Å². The van der Waals surface area contributed by atoms with Gasteiger partial charge in [0.05, 0.1) is 22.0 Å². The number of hydrogen-bond donors (Lipinski definition) is 5. The molecule has 0 saturated heterocycles. The number of aromatic hydroxyl groups is 1. The number of aromatic amines is 1. The van der Waals surface area contributed by atoms with E-state index in [1.807, 2.05) is 0 Å². The first-order valence-corrected chi connectivity index (χ1v) is 12.8. The third-order valence-corrected chi connectivity index (χ3v) is 7.70. The average molecular weight is 591 g/mol. The van der Waals surface area contributed by atoms with E-state index in [-0.39, 0.29) is 44.7 Å². The molecule has 5 N–H and O–H groups in total. The lowest BCUT2D eigenvalue weighted by atomic mass is 9.75. The minimum atomic E-state index is -4.91. The van der Waals surface area contributed by atoms with E-state index in [1.165, 1.54) is 18.2 Å². The molecule has 6 nitrogen and oxygen atoms in total. The maximum Gasteiger partial charge on any atom is 0.416 e. The molecule has 12 heteroatoms. The molecule has 41 heavy (non-hydrogen) atoms. The first-order chi connectivity index (χ1) is 19.3. The zero-order chi connectivity index (χ0) is 29.4. The molecule has 1 aromatic heterocycles. The van der Waals surface area contributed by atoms with Gasteiger partial charge in [0.1, 0.15) is 23.8 Å². The monoisotopic (exact) mass is 590 g/mol. The second kappa shape index (κ2) is 9.57. The number of hydrogen-bond acceptors (Lipinski definition) is 4. The van der Waals surface area contributed by atoms with E-state index in [9.17, 15) is 42.1 Å². The quantitative estimate of drug-likeness (QED) is 0.168. The summed E-state index contributed by atoms with van der Waals surface area (Å²) in [5, 5.41) is 34.6. The van der Waals surface area contributed by atoms with Crippen LogP contribution in [0.5, 0.6) is 5.88 Å². The van der Waals surface area contributed by atoms with E-state index in [2.05, 4.69) is 10.3 Å². The number of H-pyrrole nitrogens is 1. The van der Waals surface area contributed by atoms with E-state index in [0.29, 0.717) is 28.8 Å². The van der Waals surface area contributed by atoms with Gasteiger partial charge in [-0.3, -0.25) is 4.79 Å². The van der Waals surface area contributed by atoms with Crippen LogP contribution in [-0.4, -0.2) is 38.4 Å². The molecule has 1 amide bonds. The van der Waals surface area contributed by atoms with Crippen molar-refractivity contribution in [1.29, 1.82) is 0 Å². The van der Waals surface area contributed by atoms with Crippen molar-refractivity contribution in [2.45, 2.75) is 31.2 Å². The molecule has 1 fully saturated rings. The first kappa shape index (κ1) is 27.3. The number of aromatic nitrogens is 1. The Bertz CT molecular complexity index is 1780. The molecule has 3 aromatic carbocycles. The second-order valence-electron chi connectivity index (χ2n) is 10.1. The lowest BCUT2D eigenvalue weighted by Crippen LogP contribution is -2.40. The van der Waals surface area contributed by atoms with Crippen LogP contribution in [-0.2, 0) is 6.18 Å². The molecule has 0 bridgehead atoms. The summed E-state index contributed by atoms with van der Waals surface area (Å²) < 4.78 is 68.2. The third kappa shape index (κ3) is 4.73. The molecule has 2 aliphatic rings. The van der Waals surface area contributed by atoms with Gasteiger partial charge in [-0.15, -0.1) is 0 Å². The summed E-state index contributed by atoms with van der Waals surface area (Å²) in [6.07, 6.45) is -5.62. The Morgan fingerprint density at radius 3 is 2.39 bits per heavy atom. The maximum atomic E-state index is 14.2. The van der Waals surface area contributed by atoms with Gasteiger partial charge in [0.15, 0.2) is 5.88 Å². The molecular weight excluding hydrogens is 571 g/mol. The van der Waals surface area contributed by atoms with Crippen LogP contribution in [0.3, 0.4) is 0 Å². The number of aliphatic hydroxyl groups is 2. The zero-order valence-corrected chi connectivity index (χ0v) is 21.5. The van der Waals surface area contributed by atoms with Crippen molar-refractivity contribution in [2.75, 3.05) is 5.32 Å². The highest BCUT2D eigenvalue weighted by atomic mass is 35.5. The molecule has 2 aliphatic carbocycles. The Balaban J connectivity index is 1.55. The number of amides is 1. The molecule has 2 atom stereocenters. The Kier molecular flexibility index (Phi) is 6.36. The van der Waals surface area contributed by atoms with E-state index in [1.54, 1.807) is 0 Å². The van der Waals surface area contributed by atoms with Gasteiger partial charge in [-0.05, 0) is 84.0 Å². The fraction of sp³-hybridized carbons (Fsp3) is 0.207. The summed E-state index contributed by atoms with van der Waals surface area (Å²) in [5.41, 5.74) is -0.493. The number of rotatable bonds is 5. The largest absolute Gasteiger partial charge is 0.494 e. The first-order valence-electron chi connectivity index (χ1n) is 12.5. The number of fused-ring (bicyclic) bond motifs is 1. The minimum Gasteiger partial charge on any atom is -0.494 e. The van der Waals surface area contributed by atoms with Crippen LogP contribution in [0.25, 0.3) is 27.6 Å². The van der Waals surface area contributed by atoms with Gasteiger partial charge in [-0.2, -0.15) is 13.2 Å². The second-order valence-corrected chi connectivity index (χ2v) is 10.5. The van der Waals surface area contributed by atoms with E-state index >= 15 is 0 Å². The Labute approximate surface area is 233 Å². The van der Waals surface area contributed by atoms with Crippen LogP contribution in [0.2, 0.25) is 5.02 Å². The summed E-state index contributed by atoms with van der Waals surface area (Å²) in [6, 6.07) is 7.82. The van der Waals surface area contributed by atoms with Crippen molar-refractivity contribution < 1.29 is 42.1 Å². The van der Waals surface area contributed by atoms with Crippen LogP contribution >= 0.6 is 11.6 Å². The average Bonchev–Trinajstić information content (AvgIpc) is 3.69. The molecular formula is C29H20ClF5N2O4. The summed E-state index contributed by atoms with van der Waals surface area (Å²) in [4.78, 5) is 15.9. The Morgan fingerprint density at radius 2 is 1.71 bits per heavy atom. The normalized spacial score (nSPS) is 19.0. The minimum absolute atomic E-state index is 0.0524. The number of alkyl halides is 3. The summed E-state index contributed by atoms with van der Waals surface area (Å²) in [5.74, 6) is -3.37. The molecule has 2 unspecified atom stereocenters. The SMILES string of the molecule is O=C(Nc1cc(C2=C(C3CC3)C(O)C2O)cc2c(O)[nH]c(-c3cc(F)ccc3Cl)c12)c1cc(F)cc(C(F)(F)F)c1. The van der Waals surface area contributed by atoms with E-state index in [0.717, 1.165) is 25.0 Å². The van der Waals surface area contributed by atoms with Crippen LogP contribution in [0.15, 0.2) is 54.1 Å². The molecule has 1 heterocycles.